The molecule has 1 unspecified atom stereocenters. The van der Waals surface area contributed by atoms with Crippen LogP contribution < -0.4 is 0 Å². The van der Waals surface area contributed by atoms with Crippen LogP contribution in [0.4, 0.5) is 0 Å². The van der Waals surface area contributed by atoms with E-state index in [0.29, 0.717) is 17.5 Å². The summed E-state index contributed by atoms with van der Waals surface area (Å²) in [5.74, 6) is 1.91. The fourth-order valence-electron chi connectivity index (χ4n) is 11.4. The minimum atomic E-state index is -0.662. The fourth-order valence-corrected chi connectivity index (χ4v) is 11.4. The molecule has 0 spiro atoms. The first-order chi connectivity index (χ1) is 34.6. The van der Waals surface area contributed by atoms with Crippen molar-refractivity contribution >= 4 is 43.6 Å². The lowest BCUT2D eigenvalue weighted by Gasteiger charge is -2.34. The van der Waals surface area contributed by atoms with Crippen LogP contribution in [-0.2, 0) is 5.41 Å². The highest BCUT2D eigenvalue weighted by Gasteiger charge is 2.46. The summed E-state index contributed by atoms with van der Waals surface area (Å²) in [6.07, 6.45) is 0. The van der Waals surface area contributed by atoms with Gasteiger partial charge in [-0.2, -0.15) is 0 Å². The minimum absolute atomic E-state index is 0.628. The molecule has 0 saturated heterocycles. The lowest BCUT2D eigenvalue weighted by molar-refractivity contribution is 0.767. The third-order valence-corrected chi connectivity index (χ3v) is 14.5. The smallest absolute Gasteiger partial charge is 0.164 e. The largest absolute Gasteiger partial charge is 0.307 e. The van der Waals surface area contributed by atoms with Gasteiger partial charge in [0.15, 0.2) is 17.5 Å². The highest BCUT2D eigenvalue weighted by Crippen LogP contribution is 2.57. The van der Waals surface area contributed by atoms with E-state index in [1.165, 1.54) is 71.5 Å². The van der Waals surface area contributed by atoms with Crippen molar-refractivity contribution in [1.82, 2.24) is 24.1 Å². The SMILES string of the molecule is Cc1ccc(C2(c3ccc(-c4nc(-c5ccccc5)nc(-c5ccccc5)n4)cc3)c3ccccc3-c3ccc(-n4c5ccccc5c5ccc6c7ccccc7n(-c7ccccc7)c6c54)cc32)cc1. The van der Waals surface area contributed by atoms with Gasteiger partial charge in [0.05, 0.1) is 27.5 Å². The molecule has 3 aromatic heterocycles. The van der Waals surface area contributed by atoms with Crippen molar-refractivity contribution in [3.8, 4) is 56.7 Å². The van der Waals surface area contributed by atoms with Crippen LogP contribution in [0.25, 0.3) is 100 Å². The van der Waals surface area contributed by atoms with Crippen molar-refractivity contribution in [2.24, 2.45) is 0 Å². The molecule has 14 rings (SSSR count). The molecule has 13 aromatic rings. The first-order valence-corrected chi connectivity index (χ1v) is 23.9. The van der Waals surface area contributed by atoms with Crippen LogP contribution in [0.2, 0.25) is 0 Å². The van der Waals surface area contributed by atoms with Crippen LogP contribution in [0, 0.1) is 6.92 Å². The maximum absolute atomic E-state index is 5.11. The lowest BCUT2D eigenvalue weighted by atomic mass is 9.67. The molecule has 3 heterocycles. The van der Waals surface area contributed by atoms with Gasteiger partial charge in [-0.15, -0.1) is 0 Å². The Bertz CT molecular complexity index is 4100. The number of aromatic nitrogens is 5. The Balaban J connectivity index is 1.02. The number of fused-ring (bicyclic) bond motifs is 10. The van der Waals surface area contributed by atoms with E-state index in [0.717, 1.165) is 39.1 Å². The van der Waals surface area contributed by atoms with Gasteiger partial charge in [-0.25, -0.2) is 15.0 Å². The van der Waals surface area contributed by atoms with Crippen LogP contribution in [-0.4, -0.2) is 24.1 Å². The Morgan fingerprint density at radius 3 is 1.34 bits per heavy atom. The van der Waals surface area contributed by atoms with Crippen LogP contribution in [0.1, 0.15) is 27.8 Å². The Morgan fingerprint density at radius 1 is 0.329 bits per heavy atom. The number of para-hydroxylation sites is 3. The van der Waals surface area contributed by atoms with Gasteiger partial charge in [0.25, 0.3) is 0 Å². The molecule has 1 atom stereocenters. The van der Waals surface area contributed by atoms with E-state index in [2.05, 4.69) is 222 Å². The lowest BCUT2D eigenvalue weighted by Crippen LogP contribution is -2.28. The van der Waals surface area contributed by atoms with E-state index in [4.69, 9.17) is 15.0 Å². The second-order valence-corrected chi connectivity index (χ2v) is 18.4. The quantitative estimate of drug-likeness (QED) is 0.160. The zero-order valence-corrected chi connectivity index (χ0v) is 38.3. The van der Waals surface area contributed by atoms with Gasteiger partial charge < -0.3 is 9.13 Å². The molecular weight excluding hydrogens is 851 g/mol. The predicted octanol–water partition coefficient (Wildman–Crippen LogP) is 15.7. The molecule has 0 radical (unpaired) electrons. The van der Waals surface area contributed by atoms with Crippen molar-refractivity contribution in [3.63, 3.8) is 0 Å². The van der Waals surface area contributed by atoms with Crippen molar-refractivity contribution in [3.05, 3.63) is 270 Å². The average molecular weight is 894 g/mol. The molecule has 70 heavy (non-hydrogen) atoms. The summed E-state index contributed by atoms with van der Waals surface area (Å²) in [6.45, 7) is 2.17. The first-order valence-electron chi connectivity index (χ1n) is 23.9. The summed E-state index contributed by atoms with van der Waals surface area (Å²) < 4.78 is 4.98. The Hall–Kier alpha value is -9.19. The molecule has 328 valence electrons. The molecule has 5 nitrogen and oxygen atoms in total. The van der Waals surface area contributed by atoms with E-state index < -0.39 is 5.41 Å². The number of nitrogens with zero attached hydrogens (tertiary/aromatic N) is 5. The van der Waals surface area contributed by atoms with Crippen molar-refractivity contribution in [2.45, 2.75) is 12.3 Å². The standard InChI is InChI=1S/C65H43N5/c1-42-29-33-46(34-30-42)65(47-35-31-45(32-36-47)64-67-62(43-17-5-2-6-18-43)66-63(68-64)44-19-7-3-8-20-44)56-26-14-11-23-50(56)51-38-37-49(41-57(51)65)70-59-28-16-13-25-53(59)55-40-39-54-52-24-12-15-27-58(52)69(60(54)61(55)70)48-21-9-4-10-22-48/h2-41H,1H3. The fraction of sp³-hybridized carbons (Fsp3) is 0.0308. The highest BCUT2D eigenvalue weighted by molar-refractivity contribution is 6.23. The average Bonchev–Trinajstić information content (AvgIpc) is 4.06. The molecule has 1 aliphatic carbocycles. The van der Waals surface area contributed by atoms with Gasteiger partial charge in [0.2, 0.25) is 0 Å². The Labute approximate surface area is 405 Å². The summed E-state index contributed by atoms with van der Waals surface area (Å²) in [5, 5.41) is 4.90. The number of hydrogen-bond donors (Lipinski definition) is 0. The van der Waals surface area contributed by atoms with Crippen molar-refractivity contribution < 1.29 is 0 Å². The first kappa shape index (κ1) is 39.9. The summed E-state index contributed by atoms with van der Waals surface area (Å²) in [7, 11) is 0. The Morgan fingerprint density at radius 2 is 0.771 bits per heavy atom. The number of aryl methyl sites for hydroxylation is 1. The zero-order valence-electron chi connectivity index (χ0n) is 38.3. The van der Waals surface area contributed by atoms with Gasteiger partial charge in [0.1, 0.15) is 0 Å². The second kappa shape index (κ2) is 15.7. The van der Waals surface area contributed by atoms with Gasteiger partial charge in [0, 0.05) is 49.6 Å². The summed E-state index contributed by atoms with van der Waals surface area (Å²) in [4.78, 5) is 15.2. The molecule has 0 aliphatic heterocycles. The molecule has 0 amide bonds. The topological polar surface area (TPSA) is 48.5 Å². The van der Waals surface area contributed by atoms with Gasteiger partial charge >= 0.3 is 0 Å². The number of benzene rings is 10. The molecule has 1 aliphatic rings. The van der Waals surface area contributed by atoms with Crippen LogP contribution in [0.5, 0.6) is 0 Å². The number of rotatable bonds is 7. The van der Waals surface area contributed by atoms with Crippen molar-refractivity contribution in [1.29, 1.82) is 0 Å². The molecule has 5 heteroatoms. The summed E-state index contributed by atoms with van der Waals surface area (Å²) in [5.41, 5.74) is 17.7. The van der Waals surface area contributed by atoms with Crippen LogP contribution in [0.15, 0.2) is 243 Å². The summed E-state index contributed by atoms with van der Waals surface area (Å²) in [6, 6.07) is 87.8. The molecule has 0 fully saturated rings. The second-order valence-electron chi connectivity index (χ2n) is 18.4. The summed E-state index contributed by atoms with van der Waals surface area (Å²) >= 11 is 0. The molecule has 0 bridgehead atoms. The normalized spacial score (nSPS) is 14.1. The highest BCUT2D eigenvalue weighted by atomic mass is 15.1. The van der Waals surface area contributed by atoms with Crippen LogP contribution >= 0.6 is 0 Å². The van der Waals surface area contributed by atoms with E-state index in [1.807, 2.05) is 36.4 Å². The maximum atomic E-state index is 5.11. The molecular formula is C65H43N5. The van der Waals surface area contributed by atoms with E-state index in [1.54, 1.807) is 0 Å². The molecule has 0 saturated carbocycles. The third-order valence-electron chi connectivity index (χ3n) is 14.5. The van der Waals surface area contributed by atoms with Gasteiger partial charge in [-0.1, -0.05) is 212 Å². The van der Waals surface area contributed by atoms with E-state index in [-0.39, 0.29) is 0 Å². The predicted molar refractivity (Wildman–Crippen MR) is 287 cm³/mol. The third kappa shape index (κ3) is 5.95. The van der Waals surface area contributed by atoms with E-state index in [9.17, 15) is 0 Å². The van der Waals surface area contributed by atoms with Gasteiger partial charge in [-0.05, 0) is 76.7 Å². The minimum Gasteiger partial charge on any atom is -0.307 e. The Kier molecular flexibility index (Phi) is 8.95. The van der Waals surface area contributed by atoms with E-state index >= 15 is 0 Å². The van der Waals surface area contributed by atoms with Gasteiger partial charge in [-0.3, -0.25) is 0 Å². The number of hydrogen-bond acceptors (Lipinski definition) is 3. The maximum Gasteiger partial charge on any atom is 0.164 e. The monoisotopic (exact) mass is 893 g/mol. The molecule has 0 N–H and O–H groups in total. The van der Waals surface area contributed by atoms with Crippen molar-refractivity contribution in [2.75, 3.05) is 0 Å². The van der Waals surface area contributed by atoms with Crippen LogP contribution in [0.3, 0.4) is 0 Å². The zero-order chi connectivity index (χ0) is 46.3. The molecule has 10 aromatic carbocycles.